The first-order valence-corrected chi connectivity index (χ1v) is 9.92. The van der Waals surface area contributed by atoms with Crippen molar-refractivity contribution in [2.45, 2.75) is 18.9 Å². The molecular weight excluding hydrogens is 393 g/mol. The van der Waals surface area contributed by atoms with Gasteiger partial charge in [-0.1, -0.05) is 0 Å². The third-order valence-electron chi connectivity index (χ3n) is 5.25. The van der Waals surface area contributed by atoms with E-state index >= 15 is 0 Å². The van der Waals surface area contributed by atoms with Crippen LogP contribution in [0.25, 0.3) is 11.3 Å². The Bertz CT molecular complexity index is 1180. The van der Waals surface area contributed by atoms with Crippen molar-refractivity contribution < 1.29 is 4.39 Å². The summed E-state index contributed by atoms with van der Waals surface area (Å²) in [6.07, 6.45) is 1.84. The summed E-state index contributed by atoms with van der Waals surface area (Å²) >= 11 is 0. The zero-order valence-electron chi connectivity index (χ0n) is 16.7. The first-order valence-electron chi connectivity index (χ1n) is 9.92. The minimum absolute atomic E-state index is 0.0800. The lowest BCUT2D eigenvalue weighted by Crippen LogP contribution is -2.43. The van der Waals surface area contributed by atoms with E-state index in [0.717, 1.165) is 24.9 Å². The fraction of sp³-hybridized carbons (Fsp3) is 0.217. The highest BCUT2D eigenvalue weighted by molar-refractivity contribution is 5.65. The molecule has 0 spiro atoms. The quantitative estimate of drug-likeness (QED) is 0.670. The second-order valence-corrected chi connectivity index (χ2v) is 7.36. The fourth-order valence-electron chi connectivity index (χ4n) is 3.70. The number of piperidine rings is 1. The number of hydrogen-bond donors (Lipinski definition) is 2. The number of halogens is 1. The van der Waals surface area contributed by atoms with Crippen LogP contribution in [0.2, 0.25) is 0 Å². The summed E-state index contributed by atoms with van der Waals surface area (Å²) in [4.78, 5) is 11.1. The Morgan fingerprint density at radius 3 is 2.45 bits per heavy atom. The molecule has 3 aromatic rings. The highest BCUT2D eigenvalue weighted by atomic mass is 19.1. The zero-order chi connectivity index (χ0) is 21.8. The van der Waals surface area contributed by atoms with Crippen LogP contribution < -0.4 is 16.0 Å². The molecule has 31 heavy (non-hydrogen) atoms. The Balaban J connectivity index is 1.56. The summed E-state index contributed by atoms with van der Waals surface area (Å²) < 4.78 is 13.3. The number of nitrogen functional groups attached to an aromatic ring is 1. The summed E-state index contributed by atoms with van der Waals surface area (Å²) in [6.45, 7) is 1.41. The van der Waals surface area contributed by atoms with Crippen molar-refractivity contribution in [3.05, 3.63) is 65.5 Å². The second kappa shape index (κ2) is 8.68. The van der Waals surface area contributed by atoms with Crippen LogP contribution in [0, 0.1) is 28.5 Å². The Kier molecular flexibility index (Phi) is 5.63. The first-order chi connectivity index (χ1) is 15.1. The van der Waals surface area contributed by atoms with Crippen molar-refractivity contribution in [1.82, 2.24) is 9.97 Å². The average Bonchev–Trinajstić information content (AvgIpc) is 2.79. The van der Waals surface area contributed by atoms with Gasteiger partial charge >= 0.3 is 0 Å². The minimum atomic E-state index is -0.306. The number of anilines is 3. The molecule has 1 aliphatic heterocycles. The molecule has 1 atom stereocenters. The van der Waals surface area contributed by atoms with Crippen LogP contribution in [0.3, 0.4) is 0 Å². The summed E-state index contributed by atoms with van der Waals surface area (Å²) in [5.41, 5.74) is 8.13. The molecule has 2 aromatic heterocycles. The van der Waals surface area contributed by atoms with Gasteiger partial charge in [-0.2, -0.15) is 10.5 Å². The number of aromatic nitrogens is 2. The van der Waals surface area contributed by atoms with Gasteiger partial charge in [-0.05, 0) is 61.4 Å². The van der Waals surface area contributed by atoms with Gasteiger partial charge in [0.15, 0.2) is 0 Å². The van der Waals surface area contributed by atoms with Crippen LogP contribution in [0.5, 0.6) is 0 Å². The highest BCUT2D eigenvalue weighted by Crippen LogP contribution is 2.27. The lowest BCUT2D eigenvalue weighted by Gasteiger charge is -2.34. The number of pyridine rings is 2. The smallest absolute Gasteiger partial charge is 0.147 e. The zero-order valence-corrected chi connectivity index (χ0v) is 16.7. The molecule has 0 aliphatic carbocycles. The van der Waals surface area contributed by atoms with Gasteiger partial charge in [-0.15, -0.1) is 0 Å². The Morgan fingerprint density at radius 1 is 1.00 bits per heavy atom. The van der Waals surface area contributed by atoms with Gasteiger partial charge in [-0.3, -0.25) is 0 Å². The lowest BCUT2D eigenvalue weighted by molar-refractivity contribution is 0.525. The standard InChI is InChI=1S/C23H20FN7/c24-18-7-3-15(4-8-18)20-9-5-17(13-26)23(29-20)31-11-1-2-19(14-31)28-21-10-6-16(12-25)22(27)30-21/h3-10,19H,1-2,11,14H2,(H3,27,28,30). The van der Waals surface area contributed by atoms with Crippen molar-refractivity contribution >= 4 is 17.5 Å². The van der Waals surface area contributed by atoms with Crippen molar-refractivity contribution in [1.29, 1.82) is 10.5 Å². The maximum atomic E-state index is 13.3. The second-order valence-electron chi connectivity index (χ2n) is 7.36. The third kappa shape index (κ3) is 4.39. The Morgan fingerprint density at radius 2 is 1.74 bits per heavy atom. The molecule has 1 saturated heterocycles. The van der Waals surface area contributed by atoms with Gasteiger partial charge < -0.3 is 16.0 Å². The molecule has 154 valence electrons. The molecule has 3 heterocycles. The number of nitriles is 2. The van der Waals surface area contributed by atoms with Crippen LogP contribution in [0.4, 0.5) is 21.8 Å². The molecule has 1 aliphatic rings. The molecule has 0 bridgehead atoms. The maximum absolute atomic E-state index is 13.3. The van der Waals surface area contributed by atoms with E-state index in [-0.39, 0.29) is 17.7 Å². The largest absolute Gasteiger partial charge is 0.383 e. The highest BCUT2D eigenvalue weighted by Gasteiger charge is 2.24. The fourth-order valence-corrected chi connectivity index (χ4v) is 3.70. The van der Waals surface area contributed by atoms with E-state index < -0.39 is 0 Å². The van der Waals surface area contributed by atoms with Crippen LogP contribution in [0.1, 0.15) is 24.0 Å². The molecule has 4 rings (SSSR count). The van der Waals surface area contributed by atoms with Crippen molar-refractivity contribution in [3.8, 4) is 23.4 Å². The Hall–Kier alpha value is -4.17. The average molecular weight is 413 g/mol. The van der Waals surface area contributed by atoms with Crippen LogP contribution >= 0.6 is 0 Å². The lowest BCUT2D eigenvalue weighted by atomic mass is 10.0. The number of nitrogens with one attached hydrogen (secondary N) is 1. The molecule has 0 amide bonds. The topological polar surface area (TPSA) is 115 Å². The molecule has 7 nitrogen and oxygen atoms in total. The van der Waals surface area contributed by atoms with Gasteiger partial charge in [0.1, 0.15) is 35.4 Å². The SMILES string of the molecule is N#Cc1ccc(NC2CCCN(c3nc(-c4ccc(F)cc4)ccc3C#N)C2)nc1N. The summed E-state index contributed by atoms with van der Waals surface area (Å²) in [5.74, 6) is 1.11. The maximum Gasteiger partial charge on any atom is 0.147 e. The van der Waals surface area contributed by atoms with E-state index in [0.29, 0.717) is 35.0 Å². The van der Waals surface area contributed by atoms with Gasteiger partial charge in [0.25, 0.3) is 0 Å². The van der Waals surface area contributed by atoms with E-state index in [1.165, 1.54) is 12.1 Å². The van der Waals surface area contributed by atoms with E-state index in [2.05, 4.69) is 21.3 Å². The third-order valence-corrected chi connectivity index (χ3v) is 5.25. The molecule has 8 heteroatoms. The molecule has 1 aromatic carbocycles. The van der Waals surface area contributed by atoms with Gasteiger partial charge in [-0.25, -0.2) is 14.4 Å². The van der Waals surface area contributed by atoms with Gasteiger partial charge in [0, 0.05) is 24.7 Å². The summed E-state index contributed by atoms with van der Waals surface area (Å²) in [5, 5.41) is 22.0. The van der Waals surface area contributed by atoms with E-state index in [9.17, 15) is 9.65 Å². The number of benzene rings is 1. The van der Waals surface area contributed by atoms with E-state index in [4.69, 9.17) is 16.0 Å². The molecule has 0 radical (unpaired) electrons. The molecule has 0 saturated carbocycles. The Labute approximate surface area is 179 Å². The number of hydrogen-bond acceptors (Lipinski definition) is 7. The van der Waals surface area contributed by atoms with Gasteiger partial charge in [0.2, 0.25) is 0 Å². The predicted molar refractivity (Wildman–Crippen MR) is 117 cm³/mol. The molecule has 1 fully saturated rings. The van der Waals surface area contributed by atoms with Crippen LogP contribution in [-0.4, -0.2) is 29.1 Å². The predicted octanol–water partition coefficient (Wildman–Crippen LogP) is 3.69. The minimum Gasteiger partial charge on any atom is -0.383 e. The van der Waals surface area contributed by atoms with Crippen molar-refractivity contribution in [2.24, 2.45) is 0 Å². The van der Waals surface area contributed by atoms with Crippen molar-refractivity contribution in [3.63, 3.8) is 0 Å². The summed E-state index contributed by atoms with van der Waals surface area (Å²) in [6, 6.07) is 17.4. The van der Waals surface area contributed by atoms with Crippen LogP contribution in [0.15, 0.2) is 48.5 Å². The number of nitrogens with zero attached hydrogens (tertiary/aromatic N) is 5. The van der Waals surface area contributed by atoms with Crippen LogP contribution in [-0.2, 0) is 0 Å². The summed E-state index contributed by atoms with van der Waals surface area (Å²) in [7, 11) is 0. The monoisotopic (exact) mass is 413 g/mol. The van der Waals surface area contributed by atoms with Gasteiger partial charge in [0.05, 0.1) is 16.8 Å². The number of nitrogens with two attached hydrogens (primary N) is 1. The first kappa shape index (κ1) is 20.1. The molecule has 3 N–H and O–H groups in total. The molecule has 1 unspecified atom stereocenters. The number of rotatable bonds is 4. The van der Waals surface area contributed by atoms with Crippen molar-refractivity contribution in [2.75, 3.05) is 29.0 Å². The van der Waals surface area contributed by atoms with E-state index in [1.807, 2.05) is 6.07 Å². The molecular formula is C23H20FN7. The normalized spacial score (nSPS) is 15.7. The van der Waals surface area contributed by atoms with E-state index in [1.54, 1.807) is 36.4 Å².